The molecule has 9 heteroatoms. The molecule has 1 heterocycles. The van der Waals surface area contributed by atoms with Gasteiger partial charge in [-0.25, -0.2) is 13.1 Å². The zero-order chi connectivity index (χ0) is 15.6. The van der Waals surface area contributed by atoms with Crippen molar-refractivity contribution in [1.82, 2.24) is 14.5 Å². The summed E-state index contributed by atoms with van der Waals surface area (Å²) in [6.07, 6.45) is 1.59. The second-order valence-corrected chi connectivity index (χ2v) is 6.90. The molecule has 2 rings (SSSR count). The van der Waals surface area contributed by atoms with Crippen molar-refractivity contribution in [1.29, 1.82) is 0 Å². The summed E-state index contributed by atoms with van der Waals surface area (Å²) in [7, 11) is -2.04. The van der Waals surface area contributed by atoms with Crippen LogP contribution in [-0.2, 0) is 30.2 Å². The molecule has 114 valence electrons. The Morgan fingerprint density at radius 1 is 1.33 bits per heavy atom. The molecule has 0 unspecified atom stereocenters. The first kappa shape index (κ1) is 16.3. The molecule has 0 fully saturated rings. The van der Waals surface area contributed by atoms with Gasteiger partial charge in [-0.15, -0.1) is 0 Å². The molecule has 21 heavy (non-hydrogen) atoms. The third kappa shape index (κ3) is 3.56. The Hall–Kier alpha value is -1.12. The molecule has 0 amide bonds. The van der Waals surface area contributed by atoms with Crippen molar-refractivity contribution in [3.05, 3.63) is 45.7 Å². The van der Waals surface area contributed by atoms with Gasteiger partial charge in [0.25, 0.3) is 0 Å². The van der Waals surface area contributed by atoms with E-state index < -0.39 is 10.0 Å². The van der Waals surface area contributed by atoms with Crippen LogP contribution in [0.3, 0.4) is 0 Å². The van der Waals surface area contributed by atoms with E-state index in [1.807, 2.05) is 0 Å². The summed E-state index contributed by atoms with van der Waals surface area (Å²) in [6.45, 7) is 0.232. The standard InChI is InChI=1S/C12H14Cl2N4O2S/c1-18-9(2-3-16-18)7-17-21(19,20)12-4-8(6-15)10(13)5-11(12)14/h2-5,17H,6-7,15H2,1H3. The fourth-order valence-electron chi connectivity index (χ4n) is 1.76. The van der Waals surface area contributed by atoms with Crippen LogP contribution in [0.5, 0.6) is 0 Å². The van der Waals surface area contributed by atoms with Crippen molar-refractivity contribution in [2.45, 2.75) is 18.0 Å². The van der Waals surface area contributed by atoms with Crippen LogP contribution in [-0.4, -0.2) is 18.2 Å². The summed E-state index contributed by atoms with van der Waals surface area (Å²) in [5, 5.41) is 4.36. The third-order valence-electron chi connectivity index (χ3n) is 2.98. The molecule has 0 saturated heterocycles. The SMILES string of the molecule is Cn1nccc1CNS(=O)(=O)c1cc(CN)c(Cl)cc1Cl. The first-order valence-electron chi connectivity index (χ1n) is 5.99. The van der Waals surface area contributed by atoms with Crippen LogP contribution >= 0.6 is 23.2 Å². The van der Waals surface area contributed by atoms with Gasteiger partial charge in [-0.2, -0.15) is 5.10 Å². The Kier molecular flexibility index (Phi) is 4.90. The average Bonchev–Trinajstić information content (AvgIpc) is 2.82. The molecule has 6 nitrogen and oxygen atoms in total. The quantitative estimate of drug-likeness (QED) is 0.859. The van der Waals surface area contributed by atoms with Gasteiger partial charge in [0.1, 0.15) is 4.90 Å². The van der Waals surface area contributed by atoms with E-state index in [-0.39, 0.29) is 23.0 Å². The third-order valence-corrected chi connectivity index (χ3v) is 5.19. The summed E-state index contributed by atoms with van der Waals surface area (Å²) >= 11 is 11.9. The van der Waals surface area contributed by atoms with Crippen LogP contribution in [0.15, 0.2) is 29.3 Å². The van der Waals surface area contributed by atoms with Crippen LogP contribution in [0.4, 0.5) is 0 Å². The molecule has 2 aromatic rings. The number of hydrogen-bond acceptors (Lipinski definition) is 4. The van der Waals surface area contributed by atoms with E-state index in [4.69, 9.17) is 28.9 Å². The zero-order valence-corrected chi connectivity index (χ0v) is 13.5. The molecule has 0 saturated carbocycles. The number of halogens is 2. The fraction of sp³-hybridized carbons (Fsp3) is 0.250. The van der Waals surface area contributed by atoms with E-state index in [2.05, 4.69) is 9.82 Å². The van der Waals surface area contributed by atoms with Gasteiger partial charge in [0.05, 0.1) is 17.3 Å². The topological polar surface area (TPSA) is 90.0 Å². The number of aromatic nitrogens is 2. The predicted octanol–water partition coefficient (Wildman–Crippen LogP) is 1.66. The fourth-order valence-corrected chi connectivity index (χ4v) is 3.63. The van der Waals surface area contributed by atoms with E-state index in [9.17, 15) is 8.42 Å². The van der Waals surface area contributed by atoms with Crippen molar-refractivity contribution in [3.8, 4) is 0 Å². The zero-order valence-electron chi connectivity index (χ0n) is 11.2. The average molecular weight is 349 g/mol. The number of nitrogens with one attached hydrogen (secondary N) is 1. The minimum Gasteiger partial charge on any atom is -0.326 e. The number of benzene rings is 1. The number of rotatable bonds is 5. The molecular weight excluding hydrogens is 335 g/mol. The Balaban J connectivity index is 2.29. The van der Waals surface area contributed by atoms with Gasteiger partial charge >= 0.3 is 0 Å². The summed E-state index contributed by atoms with van der Waals surface area (Å²) in [5.74, 6) is 0. The van der Waals surface area contributed by atoms with Crippen LogP contribution in [0.2, 0.25) is 10.0 Å². The van der Waals surface area contributed by atoms with Crippen molar-refractivity contribution in [2.24, 2.45) is 12.8 Å². The number of aryl methyl sites for hydroxylation is 1. The van der Waals surface area contributed by atoms with E-state index in [1.54, 1.807) is 24.0 Å². The normalized spacial score (nSPS) is 11.8. The second kappa shape index (κ2) is 6.33. The van der Waals surface area contributed by atoms with Crippen molar-refractivity contribution in [3.63, 3.8) is 0 Å². The Morgan fingerprint density at radius 2 is 2.05 bits per heavy atom. The van der Waals surface area contributed by atoms with Gasteiger partial charge in [-0.05, 0) is 23.8 Å². The van der Waals surface area contributed by atoms with Crippen LogP contribution in [0.25, 0.3) is 0 Å². The van der Waals surface area contributed by atoms with Gasteiger partial charge in [-0.3, -0.25) is 4.68 Å². The maximum atomic E-state index is 12.3. The molecule has 0 atom stereocenters. The van der Waals surface area contributed by atoms with E-state index in [0.717, 1.165) is 5.69 Å². The summed E-state index contributed by atoms with van der Waals surface area (Å²) in [5.41, 5.74) is 6.77. The largest absolute Gasteiger partial charge is 0.326 e. The maximum absolute atomic E-state index is 12.3. The highest BCUT2D eigenvalue weighted by Gasteiger charge is 2.20. The minimum absolute atomic E-state index is 0.0452. The number of hydrogen-bond donors (Lipinski definition) is 2. The molecule has 1 aromatic heterocycles. The van der Waals surface area contributed by atoms with Gasteiger partial charge < -0.3 is 5.73 Å². The Bertz CT molecular complexity index is 759. The van der Waals surface area contributed by atoms with Gasteiger partial charge in [0.15, 0.2) is 0 Å². The molecule has 0 spiro atoms. The molecule has 0 aliphatic rings. The lowest BCUT2D eigenvalue weighted by molar-refractivity contribution is 0.577. The molecule has 1 aromatic carbocycles. The van der Waals surface area contributed by atoms with Crippen LogP contribution in [0.1, 0.15) is 11.3 Å². The van der Waals surface area contributed by atoms with Crippen molar-refractivity contribution >= 4 is 33.2 Å². The highest BCUT2D eigenvalue weighted by molar-refractivity contribution is 7.89. The van der Waals surface area contributed by atoms with Gasteiger partial charge in [-0.1, -0.05) is 23.2 Å². The van der Waals surface area contributed by atoms with Gasteiger partial charge in [0, 0.05) is 24.8 Å². The lowest BCUT2D eigenvalue weighted by atomic mass is 10.2. The minimum atomic E-state index is -3.77. The number of nitrogens with zero attached hydrogens (tertiary/aromatic N) is 2. The van der Waals surface area contributed by atoms with E-state index in [1.165, 1.54) is 12.1 Å². The molecular formula is C12H14Cl2N4O2S. The monoisotopic (exact) mass is 348 g/mol. The van der Waals surface area contributed by atoms with Crippen molar-refractivity contribution < 1.29 is 8.42 Å². The maximum Gasteiger partial charge on any atom is 0.242 e. The van der Waals surface area contributed by atoms with Gasteiger partial charge in [0.2, 0.25) is 10.0 Å². The van der Waals surface area contributed by atoms with Crippen molar-refractivity contribution in [2.75, 3.05) is 0 Å². The number of nitrogens with two attached hydrogens (primary N) is 1. The smallest absolute Gasteiger partial charge is 0.242 e. The molecule has 0 bridgehead atoms. The van der Waals surface area contributed by atoms with E-state index >= 15 is 0 Å². The van der Waals surface area contributed by atoms with Crippen LogP contribution in [0, 0.1) is 0 Å². The summed E-state index contributed by atoms with van der Waals surface area (Å²) in [4.78, 5) is -0.0452. The lowest BCUT2D eigenvalue weighted by Gasteiger charge is -2.11. The highest BCUT2D eigenvalue weighted by atomic mass is 35.5. The second-order valence-electron chi connectivity index (χ2n) is 4.35. The summed E-state index contributed by atoms with van der Waals surface area (Å²) < 4.78 is 28.7. The molecule has 0 aliphatic heterocycles. The molecule has 0 aliphatic carbocycles. The van der Waals surface area contributed by atoms with Crippen LogP contribution < -0.4 is 10.5 Å². The predicted molar refractivity (Wildman–Crippen MR) is 81.6 cm³/mol. The first-order chi connectivity index (χ1) is 9.85. The summed E-state index contributed by atoms with van der Waals surface area (Å²) in [6, 6.07) is 4.48. The molecule has 3 N–H and O–H groups in total. The van der Waals surface area contributed by atoms with E-state index in [0.29, 0.717) is 10.6 Å². The molecule has 0 radical (unpaired) electrons. The number of sulfonamides is 1. The first-order valence-corrected chi connectivity index (χ1v) is 8.23. The highest BCUT2D eigenvalue weighted by Crippen LogP contribution is 2.28. The lowest BCUT2D eigenvalue weighted by Crippen LogP contribution is -2.25. The Morgan fingerprint density at radius 3 is 2.62 bits per heavy atom. The Labute approximate surface area is 132 Å².